The SMILES string of the molecule is NC1CCc2cc(C3CC3)[nH]c2C1. The number of hydrogen-bond donors (Lipinski definition) is 2. The van der Waals surface area contributed by atoms with Gasteiger partial charge < -0.3 is 10.7 Å². The zero-order chi connectivity index (χ0) is 8.84. The second kappa shape index (κ2) is 2.61. The number of aryl methyl sites for hydroxylation is 1. The Morgan fingerprint density at radius 1 is 1.31 bits per heavy atom. The topological polar surface area (TPSA) is 41.8 Å². The molecule has 1 aromatic heterocycles. The van der Waals surface area contributed by atoms with Gasteiger partial charge in [-0.15, -0.1) is 0 Å². The van der Waals surface area contributed by atoms with E-state index in [0.717, 1.165) is 18.8 Å². The highest BCUT2D eigenvalue weighted by Crippen LogP contribution is 2.40. The minimum atomic E-state index is 0.387. The van der Waals surface area contributed by atoms with Gasteiger partial charge in [-0.2, -0.15) is 0 Å². The highest BCUT2D eigenvalue weighted by Gasteiger charge is 2.27. The molecule has 1 aromatic rings. The van der Waals surface area contributed by atoms with E-state index in [1.807, 2.05) is 0 Å². The third-order valence-corrected chi connectivity index (χ3v) is 3.28. The molecule has 1 heterocycles. The Labute approximate surface area is 78.5 Å². The number of aromatic amines is 1. The smallest absolute Gasteiger partial charge is 0.0197 e. The number of hydrogen-bond acceptors (Lipinski definition) is 1. The minimum absolute atomic E-state index is 0.387. The molecule has 0 aliphatic heterocycles. The summed E-state index contributed by atoms with van der Waals surface area (Å²) < 4.78 is 0. The van der Waals surface area contributed by atoms with Crippen LogP contribution in [-0.4, -0.2) is 11.0 Å². The van der Waals surface area contributed by atoms with E-state index in [4.69, 9.17) is 5.73 Å². The lowest BCUT2D eigenvalue weighted by Gasteiger charge is -2.17. The van der Waals surface area contributed by atoms with Gasteiger partial charge >= 0.3 is 0 Å². The first kappa shape index (κ1) is 7.63. The summed E-state index contributed by atoms with van der Waals surface area (Å²) in [5.41, 5.74) is 10.4. The van der Waals surface area contributed by atoms with E-state index in [1.165, 1.54) is 36.2 Å². The lowest BCUT2D eigenvalue weighted by molar-refractivity contribution is 0.570. The third kappa shape index (κ3) is 1.29. The Morgan fingerprint density at radius 2 is 2.15 bits per heavy atom. The number of aromatic nitrogens is 1. The van der Waals surface area contributed by atoms with Crippen molar-refractivity contribution in [1.82, 2.24) is 4.98 Å². The average molecular weight is 176 g/mol. The van der Waals surface area contributed by atoms with Gasteiger partial charge in [0.05, 0.1) is 0 Å². The van der Waals surface area contributed by atoms with Gasteiger partial charge in [0.25, 0.3) is 0 Å². The van der Waals surface area contributed by atoms with Gasteiger partial charge in [0.15, 0.2) is 0 Å². The number of nitrogens with one attached hydrogen (secondary N) is 1. The first-order valence-electron chi connectivity index (χ1n) is 5.29. The van der Waals surface area contributed by atoms with Gasteiger partial charge in [0.2, 0.25) is 0 Å². The Bertz CT molecular complexity index is 323. The highest BCUT2D eigenvalue weighted by atomic mass is 14.8. The molecule has 1 fully saturated rings. The van der Waals surface area contributed by atoms with E-state index in [2.05, 4.69) is 11.1 Å². The highest BCUT2D eigenvalue weighted by molar-refractivity contribution is 5.32. The van der Waals surface area contributed by atoms with E-state index < -0.39 is 0 Å². The van der Waals surface area contributed by atoms with Gasteiger partial charge in [0, 0.05) is 23.9 Å². The van der Waals surface area contributed by atoms with Gasteiger partial charge in [-0.25, -0.2) is 0 Å². The molecule has 13 heavy (non-hydrogen) atoms. The molecule has 2 nitrogen and oxygen atoms in total. The van der Waals surface area contributed by atoms with Crippen LogP contribution in [0.25, 0.3) is 0 Å². The van der Waals surface area contributed by atoms with Gasteiger partial charge in [-0.05, 0) is 43.2 Å². The number of H-pyrrole nitrogens is 1. The summed E-state index contributed by atoms with van der Waals surface area (Å²) in [7, 11) is 0. The van der Waals surface area contributed by atoms with Crippen molar-refractivity contribution in [3.05, 3.63) is 23.0 Å². The number of nitrogens with two attached hydrogens (primary N) is 1. The van der Waals surface area contributed by atoms with Crippen molar-refractivity contribution in [3.8, 4) is 0 Å². The van der Waals surface area contributed by atoms with E-state index in [-0.39, 0.29) is 0 Å². The molecule has 0 saturated heterocycles. The average Bonchev–Trinajstić information content (AvgIpc) is 2.87. The van der Waals surface area contributed by atoms with Crippen molar-refractivity contribution in [2.45, 2.75) is 44.1 Å². The van der Waals surface area contributed by atoms with Crippen molar-refractivity contribution in [2.24, 2.45) is 5.73 Å². The fourth-order valence-electron chi connectivity index (χ4n) is 2.29. The Morgan fingerprint density at radius 3 is 2.92 bits per heavy atom. The fourth-order valence-corrected chi connectivity index (χ4v) is 2.29. The van der Waals surface area contributed by atoms with Crippen LogP contribution < -0.4 is 5.73 Å². The number of rotatable bonds is 1. The van der Waals surface area contributed by atoms with Crippen LogP contribution in [0.3, 0.4) is 0 Å². The summed E-state index contributed by atoms with van der Waals surface area (Å²) in [6, 6.07) is 2.76. The summed E-state index contributed by atoms with van der Waals surface area (Å²) in [5, 5.41) is 0. The maximum Gasteiger partial charge on any atom is 0.0197 e. The molecule has 3 rings (SSSR count). The molecular weight excluding hydrogens is 160 g/mol. The molecule has 3 N–H and O–H groups in total. The monoisotopic (exact) mass is 176 g/mol. The van der Waals surface area contributed by atoms with Crippen LogP contribution in [0.5, 0.6) is 0 Å². The van der Waals surface area contributed by atoms with Gasteiger partial charge in [-0.3, -0.25) is 0 Å². The second-order valence-electron chi connectivity index (χ2n) is 4.51. The molecule has 0 amide bonds. The van der Waals surface area contributed by atoms with E-state index >= 15 is 0 Å². The summed E-state index contributed by atoms with van der Waals surface area (Å²) >= 11 is 0. The van der Waals surface area contributed by atoms with Crippen LogP contribution in [0.1, 0.15) is 42.1 Å². The van der Waals surface area contributed by atoms with Crippen molar-refractivity contribution in [2.75, 3.05) is 0 Å². The van der Waals surface area contributed by atoms with Crippen LogP contribution in [0.2, 0.25) is 0 Å². The van der Waals surface area contributed by atoms with Crippen LogP contribution in [0, 0.1) is 0 Å². The number of fused-ring (bicyclic) bond motifs is 1. The molecule has 1 unspecified atom stereocenters. The van der Waals surface area contributed by atoms with Crippen molar-refractivity contribution in [3.63, 3.8) is 0 Å². The molecular formula is C11H16N2. The van der Waals surface area contributed by atoms with Crippen LogP contribution in [-0.2, 0) is 12.8 Å². The molecule has 70 valence electrons. The summed E-state index contributed by atoms with van der Waals surface area (Å²) in [6.45, 7) is 0. The maximum absolute atomic E-state index is 5.93. The lowest BCUT2D eigenvalue weighted by Crippen LogP contribution is -2.27. The Hall–Kier alpha value is -0.760. The summed E-state index contributed by atoms with van der Waals surface area (Å²) in [5.74, 6) is 0.849. The van der Waals surface area contributed by atoms with Crippen molar-refractivity contribution in [1.29, 1.82) is 0 Å². The molecule has 0 aromatic carbocycles. The lowest BCUT2D eigenvalue weighted by atomic mass is 9.94. The van der Waals surface area contributed by atoms with E-state index in [9.17, 15) is 0 Å². The molecule has 1 saturated carbocycles. The van der Waals surface area contributed by atoms with Crippen LogP contribution in [0.4, 0.5) is 0 Å². The van der Waals surface area contributed by atoms with Crippen molar-refractivity contribution >= 4 is 0 Å². The van der Waals surface area contributed by atoms with Crippen LogP contribution in [0.15, 0.2) is 6.07 Å². The first-order chi connectivity index (χ1) is 6.33. The normalized spacial score (nSPS) is 27.3. The zero-order valence-electron chi connectivity index (χ0n) is 7.84. The van der Waals surface area contributed by atoms with Gasteiger partial charge in [-0.1, -0.05) is 0 Å². The fraction of sp³-hybridized carbons (Fsp3) is 0.636. The second-order valence-corrected chi connectivity index (χ2v) is 4.51. The molecule has 0 radical (unpaired) electrons. The molecule has 0 spiro atoms. The quantitative estimate of drug-likeness (QED) is 0.672. The molecule has 2 aliphatic rings. The zero-order valence-corrected chi connectivity index (χ0v) is 7.84. The Balaban J connectivity index is 1.93. The van der Waals surface area contributed by atoms with E-state index in [1.54, 1.807) is 0 Å². The maximum atomic E-state index is 5.93. The largest absolute Gasteiger partial charge is 0.362 e. The molecule has 1 atom stereocenters. The Kier molecular flexibility index (Phi) is 1.53. The first-order valence-corrected chi connectivity index (χ1v) is 5.29. The predicted octanol–water partition coefficient (Wildman–Crippen LogP) is 1.71. The van der Waals surface area contributed by atoms with Gasteiger partial charge in [0.1, 0.15) is 0 Å². The predicted molar refractivity (Wildman–Crippen MR) is 52.8 cm³/mol. The summed E-state index contributed by atoms with van der Waals surface area (Å²) in [4.78, 5) is 3.55. The van der Waals surface area contributed by atoms with Crippen molar-refractivity contribution < 1.29 is 0 Å². The van der Waals surface area contributed by atoms with E-state index in [0.29, 0.717) is 6.04 Å². The molecule has 2 heteroatoms. The third-order valence-electron chi connectivity index (χ3n) is 3.28. The van der Waals surface area contributed by atoms with Crippen LogP contribution >= 0.6 is 0 Å². The molecule has 0 bridgehead atoms. The standard InChI is InChI=1S/C11H16N2/c12-9-4-3-8-5-10(7-1-2-7)13-11(8)6-9/h5,7,9,13H,1-4,6,12H2. The summed E-state index contributed by atoms with van der Waals surface area (Å²) in [6.07, 6.45) is 6.16. The minimum Gasteiger partial charge on any atom is -0.362 e. The molecule has 2 aliphatic carbocycles.